The maximum absolute atomic E-state index is 11.4. The quantitative estimate of drug-likeness (QED) is 0.885. The SMILES string of the molecule is CNC(C)c1[nH]c(=O)nc2ccc(Br)cc12. The number of nitrogens with one attached hydrogen (secondary N) is 2. The van der Waals surface area contributed by atoms with Crippen molar-refractivity contribution in [3.8, 4) is 0 Å². The van der Waals surface area contributed by atoms with Crippen LogP contribution in [-0.4, -0.2) is 17.0 Å². The van der Waals surface area contributed by atoms with Crippen molar-refractivity contribution in [2.45, 2.75) is 13.0 Å². The van der Waals surface area contributed by atoms with Crippen LogP contribution >= 0.6 is 15.9 Å². The number of hydrogen-bond acceptors (Lipinski definition) is 3. The molecule has 84 valence electrons. The second-order valence-electron chi connectivity index (χ2n) is 3.63. The Bertz CT molecular complexity index is 579. The highest BCUT2D eigenvalue weighted by molar-refractivity contribution is 9.10. The minimum Gasteiger partial charge on any atom is -0.312 e. The number of hydrogen-bond donors (Lipinski definition) is 2. The van der Waals surface area contributed by atoms with Crippen LogP contribution in [0.3, 0.4) is 0 Å². The van der Waals surface area contributed by atoms with Gasteiger partial charge in [-0.3, -0.25) is 0 Å². The maximum atomic E-state index is 11.4. The molecule has 1 aromatic carbocycles. The molecule has 2 rings (SSSR count). The largest absolute Gasteiger partial charge is 0.345 e. The average Bonchev–Trinajstić information content (AvgIpc) is 2.27. The number of nitrogens with zero attached hydrogens (tertiary/aromatic N) is 1. The fourth-order valence-corrected chi connectivity index (χ4v) is 1.99. The Balaban J connectivity index is 2.79. The highest BCUT2D eigenvalue weighted by Gasteiger charge is 2.10. The molecule has 0 aliphatic heterocycles. The Morgan fingerprint density at radius 2 is 2.25 bits per heavy atom. The summed E-state index contributed by atoms with van der Waals surface area (Å²) in [4.78, 5) is 18.1. The van der Waals surface area contributed by atoms with Crippen molar-refractivity contribution in [2.24, 2.45) is 0 Å². The molecule has 0 fully saturated rings. The highest BCUT2D eigenvalue weighted by atomic mass is 79.9. The molecule has 4 nitrogen and oxygen atoms in total. The van der Waals surface area contributed by atoms with Gasteiger partial charge in [0.2, 0.25) is 0 Å². The van der Waals surface area contributed by atoms with Crippen molar-refractivity contribution in [3.05, 3.63) is 38.9 Å². The van der Waals surface area contributed by atoms with E-state index in [9.17, 15) is 4.79 Å². The summed E-state index contributed by atoms with van der Waals surface area (Å²) in [5.41, 5.74) is 1.26. The van der Waals surface area contributed by atoms with Crippen molar-refractivity contribution < 1.29 is 0 Å². The third-order valence-electron chi connectivity index (χ3n) is 2.58. The van der Waals surface area contributed by atoms with Gasteiger partial charge in [0.1, 0.15) is 0 Å². The molecule has 0 spiro atoms. The van der Waals surface area contributed by atoms with Gasteiger partial charge in [-0.05, 0) is 32.2 Å². The van der Waals surface area contributed by atoms with E-state index in [0.717, 1.165) is 15.6 Å². The van der Waals surface area contributed by atoms with E-state index in [1.165, 1.54) is 0 Å². The zero-order valence-corrected chi connectivity index (χ0v) is 10.6. The van der Waals surface area contributed by atoms with Gasteiger partial charge in [0.05, 0.1) is 5.52 Å². The van der Waals surface area contributed by atoms with Crippen LogP contribution in [0.4, 0.5) is 0 Å². The minimum atomic E-state index is -0.313. The van der Waals surface area contributed by atoms with Gasteiger partial charge in [-0.2, -0.15) is 4.98 Å². The molecule has 1 aromatic heterocycles. The van der Waals surface area contributed by atoms with Crippen LogP contribution in [0.5, 0.6) is 0 Å². The molecule has 1 unspecified atom stereocenters. The van der Waals surface area contributed by atoms with Gasteiger partial charge in [-0.1, -0.05) is 15.9 Å². The van der Waals surface area contributed by atoms with E-state index in [0.29, 0.717) is 5.52 Å². The summed E-state index contributed by atoms with van der Waals surface area (Å²) >= 11 is 3.42. The van der Waals surface area contributed by atoms with Crippen LogP contribution in [0.15, 0.2) is 27.5 Å². The van der Waals surface area contributed by atoms with E-state index < -0.39 is 0 Å². The molecule has 0 amide bonds. The van der Waals surface area contributed by atoms with Gasteiger partial charge in [0.25, 0.3) is 0 Å². The lowest BCUT2D eigenvalue weighted by Gasteiger charge is -2.12. The van der Waals surface area contributed by atoms with Crippen LogP contribution < -0.4 is 11.0 Å². The highest BCUT2D eigenvalue weighted by Crippen LogP contribution is 2.22. The third-order valence-corrected chi connectivity index (χ3v) is 3.07. The summed E-state index contributed by atoms with van der Waals surface area (Å²) in [6.45, 7) is 1.99. The lowest BCUT2D eigenvalue weighted by Crippen LogP contribution is -2.20. The summed E-state index contributed by atoms with van der Waals surface area (Å²) in [5, 5.41) is 4.06. The Morgan fingerprint density at radius 1 is 1.50 bits per heavy atom. The van der Waals surface area contributed by atoms with E-state index >= 15 is 0 Å². The lowest BCUT2D eigenvalue weighted by molar-refractivity contribution is 0.634. The van der Waals surface area contributed by atoms with Crippen LogP contribution in [0, 0.1) is 0 Å². The topological polar surface area (TPSA) is 57.8 Å². The lowest BCUT2D eigenvalue weighted by atomic mass is 10.1. The van der Waals surface area contributed by atoms with Crippen molar-refractivity contribution in [1.82, 2.24) is 15.3 Å². The van der Waals surface area contributed by atoms with Crippen molar-refractivity contribution >= 4 is 26.8 Å². The number of benzene rings is 1. The molecule has 2 aromatic rings. The molecule has 0 aliphatic carbocycles. The smallest absolute Gasteiger partial charge is 0.312 e. The number of aromatic amines is 1. The summed E-state index contributed by atoms with van der Waals surface area (Å²) in [6, 6.07) is 5.75. The third kappa shape index (κ3) is 2.01. The van der Waals surface area contributed by atoms with E-state index in [1.807, 2.05) is 32.2 Å². The predicted octanol–water partition coefficient (Wildman–Crippen LogP) is 1.97. The first-order valence-corrected chi connectivity index (χ1v) is 5.78. The number of aromatic nitrogens is 2. The molecule has 0 bridgehead atoms. The Hall–Kier alpha value is -1.20. The first kappa shape index (κ1) is 11.3. The van der Waals surface area contributed by atoms with Gasteiger partial charge in [-0.25, -0.2) is 4.79 Å². The summed E-state index contributed by atoms with van der Waals surface area (Å²) < 4.78 is 0.971. The second-order valence-corrected chi connectivity index (χ2v) is 4.54. The molecule has 2 N–H and O–H groups in total. The number of rotatable bonds is 2. The van der Waals surface area contributed by atoms with Crippen LogP contribution in [-0.2, 0) is 0 Å². The van der Waals surface area contributed by atoms with Gasteiger partial charge in [0, 0.05) is 21.6 Å². The Morgan fingerprint density at radius 3 is 2.94 bits per heavy atom. The zero-order chi connectivity index (χ0) is 11.7. The van der Waals surface area contributed by atoms with Crippen molar-refractivity contribution in [1.29, 1.82) is 0 Å². The summed E-state index contributed by atoms with van der Waals surface area (Å²) in [6.07, 6.45) is 0. The van der Waals surface area contributed by atoms with Gasteiger partial charge >= 0.3 is 5.69 Å². The van der Waals surface area contributed by atoms with E-state index in [2.05, 4.69) is 31.2 Å². The zero-order valence-electron chi connectivity index (χ0n) is 9.04. The number of halogens is 1. The Labute approximate surface area is 101 Å². The van der Waals surface area contributed by atoms with Crippen LogP contribution in [0.25, 0.3) is 10.9 Å². The molecule has 1 atom stereocenters. The Kier molecular flexibility index (Phi) is 3.07. The number of H-pyrrole nitrogens is 1. The van der Waals surface area contributed by atoms with Gasteiger partial charge < -0.3 is 10.3 Å². The molecule has 0 aliphatic rings. The first-order valence-electron chi connectivity index (χ1n) is 4.98. The molecular formula is C11H12BrN3O. The van der Waals surface area contributed by atoms with Gasteiger partial charge in [0.15, 0.2) is 0 Å². The van der Waals surface area contributed by atoms with Crippen molar-refractivity contribution in [3.63, 3.8) is 0 Å². The normalized spacial score (nSPS) is 12.9. The molecular weight excluding hydrogens is 270 g/mol. The van der Waals surface area contributed by atoms with Crippen molar-refractivity contribution in [2.75, 3.05) is 7.05 Å². The maximum Gasteiger partial charge on any atom is 0.345 e. The van der Waals surface area contributed by atoms with E-state index in [-0.39, 0.29) is 11.7 Å². The fraction of sp³-hybridized carbons (Fsp3) is 0.273. The monoisotopic (exact) mass is 281 g/mol. The van der Waals surface area contributed by atoms with E-state index in [4.69, 9.17) is 0 Å². The molecule has 0 saturated heterocycles. The number of fused-ring (bicyclic) bond motifs is 1. The molecule has 1 heterocycles. The van der Waals surface area contributed by atoms with Crippen LogP contribution in [0.2, 0.25) is 0 Å². The summed E-state index contributed by atoms with van der Waals surface area (Å²) in [7, 11) is 1.85. The molecule has 16 heavy (non-hydrogen) atoms. The average molecular weight is 282 g/mol. The van der Waals surface area contributed by atoms with E-state index in [1.54, 1.807) is 0 Å². The first-order chi connectivity index (χ1) is 7.61. The second kappa shape index (κ2) is 4.35. The van der Waals surface area contributed by atoms with Gasteiger partial charge in [-0.15, -0.1) is 0 Å². The van der Waals surface area contributed by atoms with Crippen LogP contribution in [0.1, 0.15) is 18.7 Å². The minimum absolute atomic E-state index is 0.0764. The standard InChI is InChI=1S/C11H12BrN3O/c1-6(13-2)10-8-5-7(12)3-4-9(8)14-11(16)15-10/h3-6,13H,1-2H3,(H,14,15,16). The summed E-state index contributed by atoms with van der Waals surface area (Å²) in [5.74, 6) is 0. The molecule has 5 heteroatoms. The molecule has 0 radical (unpaired) electrons. The molecule has 0 saturated carbocycles. The fourth-order valence-electron chi connectivity index (χ4n) is 1.63. The predicted molar refractivity (Wildman–Crippen MR) is 67.5 cm³/mol.